The van der Waals surface area contributed by atoms with E-state index in [-0.39, 0.29) is 5.82 Å². The van der Waals surface area contributed by atoms with Crippen molar-refractivity contribution in [1.82, 2.24) is 9.55 Å². The van der Waals surface area contributed by atoms with E-state index >= 15 is 0 Å². The van der Waals surface area contributed by atoms with Gasteiger partial charge in [-0.05, 0) is 43.3 Å². The number of rotatable bonds is 6. The van der Waals surface area contributed by atoms with E-state index in [2.05, 4.69) is 11.6 Å². The largest absolute Gasteiger partial charge is 0.379 e. The van der Waals surface area contributed by atoms with E-state index in [9.17, 15) is 4.39 Å². The van der Waals surface area contributed by atoms with E-state index in [1.54, 1.807) is 13.0 Å². The summed E-state index contributed by atoms with van der Waals surface area (Å²) in [6.45, 7) is 7.27. The van der Waals surface area contributed by atoms with Gasteiger partial charge in [0.2, 0.25) is 0 Å². The molecule has 0 aliphatic heterocycles. The number of ether oxygens (including phenoxy) is 1. The average molecular weight is 280 g/mol. The lowest BCUT2D eigenvalue weighted by Crippen LogP contribution is -2.06. The fourth-order valence-electron chi connectivity index (χ4n) is 1.93. The molecule has 19 heavy (non-hydrogen) atoms. The van der Waals surface area contributed by atoms with Crippen LogP contribution in [0.25, 0.3) is 11.0 Å². The smallest absolute Gasteiger partial charge is 0.178 e. The van der Waals surface area contributed by atoms with Crippen LogP contribution in [-0.2, 0) is 11.3 Å². The van der Waals surface area contributed by atoms with Crippen molar-refractivity contribution in [3.8, 4) is 0 Å². The lowest BCUT2D eigenvalue weighted by molar-refractivity contribution is 0.131. The van der Waals surface area contributed by atoms with Crippen LogP contribution < -0.4 is 0 Å². The maximum atomic E-state index is 13.5. The molecule has 0 spiro atoms. The molecular weight excluding hydrogens is 263 g/mol. The molecule has 0 aliphatic rings. The second-order valence-corrected chi connectivity index (χ2v) is 4.78. The number of hydrogen-bond donors (Lipinski definition) is 1. The van der Waals surface area contributed by atoms with Gasteiger partial charge < -0.3 is 14.3 Å². The molecule has 5 heteroatoms. The molecule has 0 atom stereocenters. The summed E-state index contributed by atoms with van der Waals surface area (Å²) in [7, 11) is 0. The molecule has 0 unspecified atom stereocenters. The summed E-state index contributed by atoms with van der Waals surface area (Å²) in [5, 5.41) is 0. The standard InChI is InChI=1S/C14H17FN2OS/c1-3-4-6-18-7-5-17-13-8-10(2)11(15)9-12(13)16-14(17)19/h3,8-9H,1,4-7H2,2H3,(H,16,19). The fraction of sp³-hybridized carbons (Fsp3) is 0.357. The Labute approximate surface area is 116 Å². The predicted octanol–water partition coefficient (Wildman–Crippen LogP) is 3.74. The Balaban J connectivity index is 2.18. The number of nitrogens with one attached hydrogen (secondary N) is 1. The summed E-state index contributed by atoms with van der Waals surface area (Å²) in [5.41, 5.74) is 2.25. The van der Waals surface area contributed by atoms with Gasteiger partial charge in [0.15, 0.2) is 4.77 Å². The van der Waals surface area contributed by atoms with Crippen LogP contribution in [0.1, 0.15) is 12.0 Å². The van der Waals surface area contributed by atoms with Crippen molar-refractivity contribution in [2.45, 2.75) is 19.9 Å². The Morgan fingerprint density at radius 1 is 1.47 bits per heavy atom. The predicted molar refractivity (Wildman–Crippen MR) is 77.5 cm³/mol. The first kappa shape index (κ1) is 14.0. The highest BCUT2D eigenvalue weighted by molar-refractivity contribution is 7.71. The number of aryl methyl sites for hydroxylation is 1. The number of imidazole rings is 1. The lowest BCUT2D eigenvalue weighted by Gasteiger charge is -2.06. The molecule has 0 fully saturated rings. The Morgan fingerprint density at radius 3 is 3.00 bits per heavy atom. The molecule has 1 N–H and O–H groups in total. The second kappa shape index (κ2) is 6.12. The summed E-state index contributed by atoms with van der Waals surface area (Å²) in [5.74, 6) is -0.224. The molecule has 1 heterocycles. The Bertz CT molecular complexity index is 645. The first-order chi connectivity index (χ1) is 9.13. The number of benzene rings is 1. The van der Waals surface area contributed by atoms with Gasteiger partial charge in [-0.15, -0.1) is 6.58 Å². The third-order valence-corrected chi connectivity index (χ3v) is 3.30. The van der Waals surface area contributed by atoms with Crippen LogP contribution in [0.15, 0.2) is 24.8 Å². The maximum Gasteiger partial charge on any atom is 0.178 e. The monoisotopic (exact) mass is 280 g/mol. The highest BCUT2D eigenvalue weighted by Gasteiger charge is 2.07. The van der Waals surface area contributed by atoms with Crippen molar-refractivity contribution in [3.63, 3.8) is 0 Å². The minimum Gasteiger partial charge on any atom is -0.379 e. The van der Waals surface area contributed by atoms with Crippen LogP contribution in [0.2, 0.25) is 0 Å². The van der Waals surface area contributed by atoms with Crippen molar-refractivity contribution in [2.24, 2.45) is 0 Å². The number of nitrogens with zero attached hydrogens (tertiary/aromatic N) is 1. The fourth-order valence-corrected chi connectivity index (χ4v) is 2.23. The first-order valence-electron chi connectivity index (χ1n) is 6.21. The van der Waals surface area contributed by atoms with Crippen molar-refractivity contribution < 1.29 is 9.13 Å². The normalized spacial score (nSPS) is 11.1. The topological polar surface area (TPSA) is 29.9 Å². The molecule has 0 aliphatic carbocycles. The van der Waals surface area contributed by atoms with Crippen molar-refractivity contribution >= 4 is 23.3 Å². The second-order valence-electron chi connectivity index (χ2n) is 4.39. The van der Waals surface area contributed by atoms with E-state index in [1.165, 1.54) is 6.07 Å². The molecule has 3 nitrogen and oxygen atoms in total. The molecule has 0 saturated carbocycles. The van der Waals surface area contributed by atoms with Gasteiger partial charge in [0.05, 0.1) is 24.2 Å². The summed E-state index contributed by atoms with van der Waals surface area (Å²) >= 11 is 5.25. The van der Waals surface area contributed by atoms with E-state index in [0.29, 0.717) is 30.1 Å². The number of fused-ring (bicyclic) bond motifs is 1. The zero-order valence-corrected chi connectivity index (χ0v) is 11.7. The van der Waals surface area contributed by atoms with Gasteiger partial charge in [-0.3, -0.25) is 0 Å². The van der Waals surface area contributed by atoms with E-state index < -0.39 is 0 Å². The number of halogens is 1. The molecule has 0 radical (unpaired) electrons. The molecule has 102 valence electrons. The zero-order valence-electron chi connectivity index (χ0n) is 10.9. The van der Waals surface area contributed by atoms with Gasteiger partial charge in [-0.2, -0.15) is 0 Å². The molecule has 1 aromatic heterocycles. The third kappa shape index (κ3) is 3.11. The van der Waals surface area contributed by atoms with Gasteiger partial charge in [0.1, 0.15) is 5.82 Å². The van der Waals surface area contributed by atoms with E-state index in [0.717, 1.165) is 17.5 Å². The molecular formula is C14H17FN2OS. The van der Waals surface area contributed by atoms with Gasteiger partial charge in [0.25, 0.3) is 0 Å². The lowest BCUT2D eigenvalue weighted by atomic mass is 10.2. The SMILES string of the molecule is C=CCCOCCn1c(=S)[nH]c2cc(F)c(C)cc21. The summed E-state index contributed by atoms with van der Waals surface area (Å²) in [4.78, 5) is 3.01. The number of hydrogen-bond acceptors (Lipinski definition) is 2. The van der Waals surface area contributed by atoms with Crippen LogP contribution in [0.5, 0.6) is 0 Å². The zero-order chi connectivity index (χ0) is 13.8. The number of aromatic amines is 1. The Morgan fingerprint density at radius 2 is 2.26 bits per heavy atom. The minimum absolute atomic E-state index is 0.224. The van der Waals surface area contributed by atoms with Crippen LogP contribution in [0, 0.1) is 17.5 Å². The average Bonchev–Trinajstić information content (AvgIpc) is 2.66. The van der Waals surface area contributed by atoms with Crippen LogP contribution in [-0.4, -0.2) is 22.8 Å². The van der Waals surface area contributed by atoms with E-state index in [1.807, 2.05) is 10.6 Å². The summed E-state index contributed by atoms with van der Waals surface area (Å²) < 4.78 is 21.5. The number of aromatic nitrogens is 2. The molecule has 0 saturated heterocycles. The highest BCUT2D eigenvalue weighted by atomic mass is 32.1. The van der Waals surface area contributed by atoms with Gasteiger partial charge in [-0.1, -0.05) is 6.08 Å². The molecule has 2 aromatic rings. The highest BCUT2D eigenvalue weighted by Crippen LogP contribution is 2.18. The van der Waals surface area contributed by atoms with Crippen LogP contribution in [0.4, 0.5) is 4.39 Å². The molecule has 1 aromatic carbocycles. The third-order valence-electron chi connectivity index (χ3n) is 2.98. The van der Waals surface area contributed by atoms with Gasteiger partial charge in [-0.25, -0.2) is 4.39 Å². The van der Waals surface area contributed by atoms with Crippen LogP contribution in [0.3, 0.4) is 0 Å². The summed E-state index contributed by atoms with van der Waals surface area (Å²) in [6, 6.07) is 3.29. The summed E-state index contributed by atoms with van der Waals surface area (Å²) in [6.07, 6.45) is 2.66. The van der Waals surface area contributed by atoms with Gasteiger partial charge in [0, 0.05) is 6.54 Å². The molecule has 0 amide bonds. The Hall–Kier alpha value is -1.46. The molecule has 2 rings (SSSR count). The quantitative estimate of drug-likeness (QED) is 0.496. The minimum atomic E-state index is -0.224. The van der Waals surface area contributed by atoms with Crippen molar-refractivity contribution in [3.05, 3.63) is 40.9 Å². The maximum absolute atomic E-state index is 13.5. The Kier molecular flexibility index (Phi) is 4.50. The first-order valence-corrected chi connectivity index (χ1v) is 6.61. The van der Waals surface area contributed by atoms with Crippen molar-refractivity contribution in [1.29, 1.82) is 0 Å². The van der Waals surface area contributed by atoms with Crippen LogP contribution >= 0.6 is 12.2 Å². The van der Waals surface area contributed by atoms with E-state index in [4.69, 9.17) is 17.0 Å². The molecule has 0 bridgehead atoms. The van der Waals surface area contributed by atoms with Crippen molar-refractivity contribution in [2.75, 3.05) is 13.2 Å². The number of H-pyrrole nitrogens is 1. The van der Waals surface area contributed by atoms with Gasteiger partial charge >= 0.3 is 0 Å².